The van der Waals surface area contributed by atoms with E-state index in [4.69, 9.17) is 4.74 Å². The van der Waals surface area contributed by atoms with E-state index < -0.39 is 5.97 Å². The van der Waals surface area contributed by atoms with Crippen LogP contribution in [0.5, 0.6) is 0 Å². The highest BCUT2D eigenvalue weighted by Gasteiger charge is 2.29. The maximum Gasteiger partial charge on any atom is 0.321 e. The van der Waals surface area contributed by atoms with E-state index in [1.807, 2.05) is 91.9 Å². The van der Waals surface area contributed by atoms with Crippen LogP contribution in [0.15, 0.2) is 84.9 Å². The molecule has 0 spiro atoms. The first-order valence-electron chi connectivity index (χ1n) is 12.7. The van der Waals surface area contributed by atoms with Crippen LogP contribution in [-0.4, -0.2) is 42.5 Å². The molecule has 7 heteroatoms. The second kappa shape index (κ2) is 12.7. The van der Waals surface area contributed by atoms with E-state index in [0.717, 1.165) is 22.4 Å². The van der Waals surface area contributed by atoms with Gasteiger partial charge in [-0.15, -0.1) is 0 Å². The summed E-state index contributed by atoms with van der Waals surface area (Å²) in [5.74, 6) is -1.06. The number of benzene rings is 3. The van der Waals surface area contributed by atoms with E-state index in [1.165, 1.54) is 0 Å². The van der Waals surface area contributed by atoms with Gasteiger partial charge in [-0.25, -0.2) is 4.79 Å². The average molecular weight is 500 g/mol. The summed E-state index contributed by atoms with van der Waals surface area (Å²) in [6, 6.07) is 26.9. The summed E-state index contributed by atoms with van der Waals surface area (Å²) in [6.07, 6.45) is 1.64. The third-order valence-corrected chi connectivity index (χ3v) is 6.55. The van der Waals surface area contributed by atoms with Crippen molar-refractivity contribution >= 4 is 23.6 Å². The quantitative estimate of drug-likeness (QED) is 0.433. The third kappa shape index (κ3) is 7.67. The Kier molecular flexibility index (Phi) is 8.92. The summed E-state index contributed by atoms with van der Waals surface area (Å²) in [7, 11) is 0. The first kappa shape index (κ1) is 25.9. The van der Waals surface area contributed by atoms with E-state index in [0.29, 0.717) is 32.4 Å². The second-order valence-electron chi connectivity index (χ2n) is 9.39. The van der Waals surface area contributed by atoms with E-state index in [9.17, 15) is 14.4 Å². The number of rotatable bonds is 8. The third-order valence-electron chi connectivity index (χ3n) is 6.55. The van der Waals surface area contributed by atoms with Crippen LogP contribution in [0.4, 0.5) is 10.5 Å². The van der Waals surface area contributed by atoms with Gasteiger partial charge in [0, 0.05) is 18.8 Å². The number of hydrogen-bond donors (Lipinski definition) is 2. The highest BCUT2D eigenvalue weighted by molar-refractivity contribution is 5.89. The van der Waals surface area contributed by atoms with Crippen molar-refractivity contribution in [3.8, 4) is 0 Å². The lowest BCUT2D eigenvalue weighted by Crippen LogP contribution is -2.43. The number of aryl methyl sites for hydroxylation is 1. The van der Waals surface area contributed by atoms with Gasteiger partial charge in [0.2, 0.25) is 0 Å². The number of urea groups is 1. The molecule has 3 amide bonds. The van der Waals surface area contributed by atoms with Crippen LogP contribution < -0.4 is 10.6 Å². The smallest absolute Gasteiger partial charge is 0.321 e. The van der Waals surface area contributed by atoms with Crippen molar-refractivity contribution in [3.63, 3.8) is 0 Å². The van der Waals surface area contributed by atoms with Crippen molar-refractivity contribution in [1.29, 1.82) is 0 Å². The number of carbonyl (C=O) groups is 3. The minimum absolute atomic E-state index is 0.179. The molecular weight excluding hydrogens is 466 g/mol. The maximum atomic E-state index is 12.7. The zero-order valence-electron chi connectivity index (χ0n) is 21.1. The molecule has 0 saturated carbocycles. The van der Waals surface area contributed by atoms with Gasteiger partial charge in [-0.1, -0.05) is 72.8 Å². The SMILES string of the molecule is Cc1cccc(NC(=O)N2CCC(C(=O)OCC(=O)NC(Cc3ccccc3)c3ccccc3)CC2)c1. The number of hydrogen-bond acceptors (Lipinski definition) is 4. The van der Waals surface area contributed by atoms with Gasteiger partial charge in [0.05, 0.1) is 12.0 Å². The number of likely N-dealkylation sites (tertiary alicyclic amines) is 1. The Morgan fingerprint density at radius 1 is 0.919 bits per heavy atom. The molecule has 3 aromatic rings. The Labute approximate surface area is 217 Å². The Hall–Kier alpha value is -4.13. The molecule has 4 rings (SSSR count). The van der Waals surface area contributed by atoms with E-state index in [1.54, 1.807) is 4.90 Å². The largest absolute Gasteiger partial charge is 0.455 e. The monoisotopic (exact) mass is 499 g/mol. The molecule has 3 aromatic carbocycles. The first-order valence-corrected chi connectivity index (χ1v) is 12.7. The second-order valence-corrected chi connectivity index (χ2v) is 9.39. The van der Waals surface area contributed by atoms with E-state index >= 15 is 0 Å². The Balaban J connectivity index is 1.24. The zero-order chi connectivity index (χ0) is 26.0. The van der Waals surface area contributed by atoms with Crippen LogP contribution in [0.2, 0.25) is 0 Å². The number of esters is 1. The van der Waals surface area contributed by atoms with Gasteiger partial charge >= 0.3 is 12.0 Å². The molecular formula is C30H33N3O4. The number of ether oxygens (including phenoxy) is 1. The summed E-state index contributed by atoms with van der Waals surface area (Å²) < 4.78 is 5.36. The van der Waals surface area contributed by atoms with Crippen LogP contribution in [0.25, 0.3) is 0 Å². The van der Waals surface area contributed by atoms with Crippen LogP contribution in [0.1, 0.15) is 35.6 Å². The van der Waals surface area contributed by atoms with Crippen molar-refractivity contribution < 1.29 is 19.1 Å². The average Bonchev–Trinajstić information content (AvgIpc) is 2.92. The number of piperidine rings is 1. The van der Waals surface area contributed by atoms with E-state index in [2.05, 4.69) is 10.6 Å². The molecule has 192 valence electrons. The fraction of sp³-hybridized carbons (Fsp3) is 0.300. The highest BCUT2D eigenvalue weighted by atomic mass is 16.5. The van der Waals surface area contributed by atoms with Crippen LogP contribution in [-0.2, 0) is 20.7 Å². The number of nitrogens with zero attached hydrogens (tertiary/aromatic N) is 1. The lowest BCUT2D eigenvalue weighted by atomic mass is 9.97. The summed E-state index contributed by atoms with van der Waals surface area (Å²) in [4.78, 5) is 39.6. The standard InChI is InChI=1S/C30H33N3O4/c1-22-9-8-14-26(19-22)31-30(36)33-17-15-25(16-18-33)29(35)37-21-28(34)32-27(24-12-6-3-7-13-24)20-23-10-4-2-5-11-23/h2-14,19,25,27H,15-18,20-21H2,1H3,(H,31,36)(H,32,34). The molecule has 7 nitrogen and oxygen atoms in total. The topological polar surface area (TPSA) is 87.7 Å². The molecule has 1 aliphatic heterocycles. The predicted molar refractivity (Wildman–Crippen MR) is 143 cm³/mol. The molecule has 0 radical (unpaired) electrons. The molecule has 0 bridgehead atoms. The number of anilines is 1. The fourth-order valence-corrected chi connectivity index (χ4v) is 4.52. The van der Waals surface area contributed by atoms with E-state index in [-0.39, 0.29) is 30.5 Å². The van der Waals surface area contributed by atoms with Crippen molar-refractivity contribution in [1.82, 2.24) is 10.2 Å². The number of carbonyl (C=O) groups excluding carboxylic acids is 3. The van der Waals surface area contributed by atoms with Gasteiger partial charge in [-0.2, -0.15) is 0 Å². The minimum Gasteiger partial charge on any atom is -0.455 e. The molecule has 37 heavy (non-hydrogen) atoms. The molecule has 1 unspecified atom stereocenters. The van der Waals surface area contributed by atoms with Gasteiger partial charge in [-0.05, 0) is 55.0 Å². The van der Waals surface area contributed by atoms with Gasteiger partial charge in [0.15, 0.2) is 6.61 Å². The van der Waals surface area contributed by atoms with Crippen LogP contribution >= 0.6 is 0 Å². The van der Waals surface area contributed by atoms with Crippen molar-refractivity contribution in [3.05, 3.63) is 102 Å². The lowest BCUT2D eigenvalue weighted by molar-refractivity contribution is -0.154. The van der Waals surface area contributed by atoms with Crippen LogP contribution in [0.3, 0.4) is 0 Å². The molecule has 1 aliphatic rings. The van der Waals surface area contributed by atoms with Crippen LogP contribution in [0, 0.1) is 12.8 Å². The summed E-state index contributed by atoms with van der Waals surface area (Å²) in [5, 5.41) is 5.92. The molecule has 1 fully saturated rings. The Morgan fingerprint density at radius 3 is 2.27 bits per heavy atom. The maximum absolute atomic E-state index is 12.7. The zero-order valence-corrected chi connectivity index (χ0v) is 21.1. The fourth-order valence-electron chi connectivity index (χ4n) is 4.52. The highest BCUT2D eigenvalue weighted by Crippen LogP contribution is 2.21. The molecule has 1 heterocycles. The lowest BCUT2D eigenvalue weighted by Gasteiger charge is -2.31. The number of nitrogens with one attached hydrogen (secondary N) is 2. The first-order chi connectivity index (χ1) is 18.0. The molecule has 1 atom stereocenters. The van der Waals surface area contributed by atoms with Gasteiger partial charge < -0.3 is 20.3 Å². The van der Waals surface area contributed by atoms with Gasteiger partial charge in [-0.3, -0.25) is 9.59 Å². The predicted octanol–water partition coefficient (Wildman–Crippen LogP) is 4.88. The van der Waals surface area contributed by atoms with Gasteiger partial charge in [0.1, 0.15) is 0 Å². The summed E-state index contributed by atoms with van der Waals surface area (Å²) >= 11 is 0. The molecule has 1 saturated heterocycles. The molecule has 0 aliphatic carbocycles. The molecule has 2 N–H and O–H groups in total. The van der Waals surface area contributed by atoms with Crippen molar-refractivity contribution in [2.45, 2.75) is 32.2 Å². The normalized spacial score (nSPS) is 14.5. The van der Waals surface area contributed by atoms with Crippen molar-refractivity contribution in [2.24, 2.45) is 5.92 Å². The summed E-state index contributed by atoms with van der Waals surface area (Å²) in [6.45, 7) is 2.55. The molecule has 0 aromatic heterocycles. The minimum atomic E-state index is -0.395. The number of amides is 3. The Morgan fingerprint density at radius 2 is 1.59 bits per heavy atom. The van der Waals surface area contributed by atoms with Crippen molar-refractivity contribution in [2.75, 3.05) is 25.0 Å². The van der Waals surface area contributed by atoms with Gasteiger partial charge in [0.25, 0.3) is 5.91 Å². The Bertz CT molecular complexity index is 1190. The summed E-state index contributed by atoms with van der Waals surface area (Å²) in [5.41, 5.74) is 3.91.